The minimum atomic E-state index is -0.546. The van der Waals surface area contributed by atoms with E-state index in [0.717, 1.165) is 45.0 Å². The van der Waals surface area contributed by atoms with Gasteiger partial charge in [-0.1, -0.05) is 84.9 Å². The number of anilines is 1. The standard InChI is InChI=1S/C31H29NO3/c1-21-10-9-13-23(18-19-27(33)22-11-3-2-4-12-22)31(21)32-30(34)20-26-24-14-5-7-16-28(24)35-29-17-8-6-15-25(26)29/h2-17,26-27,33H,18-20H2,1H3,(H,32,34). The van der Waals surface area contributed by atoms with Gasteiger partial charge in [-0.2, -0.15) is 0 Å². The first-order valence-corrected chi connectivity index (χ1v) is 12.1. The van der Waals surface area contributed by atoms with E-state index in [0.29, 0.717) is 19.3 Å². The van der Waals surface area contributed by atoms with Crippen molar-refractivity contribution in [2.75, 3.05) is 5.32 Å². The molecule has 0 saturated carbocycles. The van der Waals surface area contributed by atoms with Crippen LogP contribution >= 0.6 is 0 Å². The molecule has 0 fully saturated rings. The normalized spacial score (nSPS) is 13.3. The predicted octanol–water partition coefficient (Wildman–Crippen LogP) is 6.93. The Hall–Kier alpha value is -3.89. The van der Waals surface area contributed by atoms with Crippen molar-refractivity contribution in [3.8, 4) is 11.5 Å². The number of aliphatic hydroxyl groups is 1. The zero-order valence-corrected chi connectivity index (χ0v) is 19.8. The lowest BCUT2D eigenvalue weighted by atomic mass is 9.85. The van der Waals surface area contributed by atoms with E-state index >= 15 is 0 Å². The summed E-state index contributed by atoms with van der Waals surface area (Å²) in [4.78, 5) is 13.4. The van der Waals surface area contributed by atoms with Gasteiger partial charge in [0, 0.05) is 29.2 Å². The number of carbonyl (C=O) groups is 1. The monoisotopic (exact) mass is 463 g/mol. The van der Waals surface area contributed by atoms with Crippen LogP contribution in [0.15, 0.2) is 97.1 Å². The fraction of sp³-hybridized carbons (Fsp3) is 0.194. The van der Waals surface area contributed by atoms with Gasteiger partial charge in [0.15, 0.2) is 0 Å². The van der Waals surface area contributed by atoms with Gasteiger partial charge in [0.25, 0.3) is 0 Å². The number of aliphatic hydroxyl groups excluding tert-OH is 1. The number of hydrogen-bond donors (Lipinski definition) is 2. The van der Waals surface area contributed by atoms with E-state index in [1.807, 2.05) is 104 Å². The van der Waals surface area contributed by atoms with Crippen LogP contribution in [0.2, 0.25) is 0 Å². The summed E-state index contributed by atoms with van der Waals surface area (Å²) in [6.45, 7) is 2.01. The van der Waals surface area contributed by atoms with E-state index in [1.54, 1.807) is 0 Å². The Balaban J connectivity index is 1.34. The molecule has 0 aliphatic carbocycles. The Morgan fingerprint density at radius 2 is 1.49 bits per heavy atom. The van der Waals surface area contributed by atoms with Gasteiger partial charge in [-0.3, -0.25) is 4.79 Å². The molecule has 1 atom stereocenters. The van der Waals surface area contributed by atoms with Crippen LogP contribution in [0, 0.1) is 6.92 Å². The first kappa shape index (κ1) is 22.9. The molecule has 35 heavy (non-hydrogen) atoms. The molecule has 4 nitrogen and oxygen atoms in total. The number of aryl methyl sites for hydroxylation is 2. The van der Waals surface area contributed by atoms with Gasteiger partial charge in [0.05, 0.1) is 6.10 Å². The summed E-state index contributed by atoms with van der Waals surface area (Å²) in [6.07, 6.45) is 1.01. The molecular weight excluding hydrogens is 434 g/mol. The van der Waals surface area contributed by atoms with Crippen molar-refractivity contribution in [1.29, 1.82) is 0 Å². The Morgan fingerprint density at radius 3 is 2.17 bits per heavy atom. The average Bonchev–Trinajstić information content (AvgIpc) is 2.89. The minimum absolute atomic E-state index is 0.0411. The number of para-hydroxylation sites is 3. The number of amides is 1. The number of fused-ring (bicyclic) bond motifs is 2. The summed E-state index contributed by atoms with van der Waals surface area (Å²) in [7, 11) is 0. The number of hydrogen-bond acceptors (Lipinski definition) is 3. The summed E-state index contributed by atoms with van der Waals surface area (Å²) in [5, 5.41) is 13.8. The lowest BCUT2D eigenvalue weighted by Crippen LogP contribution is -2.20. The van der Waals surface area contributed by atoms with Crippen molar-refractivity contribution in [2.45, 2.75) is 38.2 Å². The molecule has 2 N–H and O–H groups in total. The lowest BCUT2D eigenvalue weighted by molar-refractivity contribution is -0.116. The first-order valence-electron chi connectivity index (χ1n) is 12.1. The van der Waals surface area contributed by atoms with Gasteiger partial charge in [0.2, 0.25) is 5.91 Å². The third-order valence-electron chi connectivity index (χ3n) is 6.69. The zero-order chi connectivity index (χ0) is 24.2. The molecule has 0 saturated heterocycles. The van der Waals surface area contributed by atoms with Gasteiger partial charge >= 0.3 is 0 Å². The minimum Gasteiger partial charge on any atom is -0.457 e. The van der Waals surface area contributed by atoms with Gasteiger partial charge in [-0.05, 0) is 48.6 Å². The lowest BCUT2D eigenvalue weighted by Gasteiger charge is -2.28. The van der Waals surface area contributed by atoms with Crippen molar-refractivity contribution in [3.63, 3.8) is 0 Å². The number of rotatable bonds is 7. The second-order valence-corrected chi connectivity index (χ2v) is 9.06. The molecule has 0 spiro atoms. The topological polar surface area (TPSA) is 58.6 Å². The number of benzene rings is 4. The fourth-order valence-electron chi connectivity index (χ4n) is 4.85. The third kappa shape index (κ3) is 4.98. The predicted molar refractivity (Wildman–Crippen MR) is 139 cm³/mol. The van der Waals surface area contributed by atoms with Gasteiger partial charge in [-0.15, -0.1) is 0 Å². The SMILES string of the molecule is Cc1cccc(CCC(O)c2ccccc2)c1NC(=O)CC1c2ccccc2Oc2ccccc21. The molecule has 1 unspecified atom stereocenters. The molecule has 1 aliphatic rings. The van der Waals surface area contributed by atoms with E-state index in [9.17, 15) is 9.90 Å². The van der Waals surface area contributed by atoms with E-state index < -0.39 is 6.10 Å². The molecule has 1 aliphatic heterocycles. The van der Waals surface area contributed by atoms with Crippen LogP contribution in [0.25, 0.3) is 0 Å². The van der Waals surface area contributed by atoms with Gasteiger partial charge in [-0.25, -0.2) is 0 Å². The van der Waals surface area contributed by atoms with E-state index in [1.165, 1.54) is 0 Å². The molecule has 1 heterocycles. The number of nitrogens with one attached hydrogen (secondary N) is 1. The fourth-order valence-corrected chi connectivity index (χ4v) is 4.85. The van der Waals surface area contributed by atoms with Crippen molar-refractivity contribution in [1.82, 2.24) is 0 Å². The van der Waals surface area contributed by atoms with Crippen molar-refractivity contribution in [2.24, 2.45) is 0 Å². The summed E-state index contributed by atoms with van der Waals surface area (Å²) in [6, 6.07) is 31.6. The maximum atomic E-state index is 13.4. The zero-order valence-electron chi connectivity index (χ0n) is 19.8. The Labute approximate surface area is 206 Å². The van der Waals surface area contributed by atoms with Crippen molar-refractivity contribution < 1.29 is 14.6 Å². The van der Waals surface area contributed by atoms with Crippen LogP contribution in [-0.2, 0) is 11.2 Å². The maximum Gasteiger partial charge on any atom is 0.225 e. The van der Waals surface area contributed by atoms with E-state index in [2.05, 4.69) is 5.32 Å². The highest BCUT2D eigenvalue weighted by atomic mass is 16.5. The van der Waals surface area contributed by atoms with Crippen molar-refractivity contribution in [3.05, 3.63) is 125 Å². The average molecular weight is 464 g/mol. The van der Waals surface area contributed by atoms with Crippen LogP contribution in [0.4, 0.5) is 5.69 Å². The smallest absolute Gasteiger partial charge is 0.225 e. The summed E-state index contributed by atoms with van der Waals surface area (Å²) < 4.78 is 6.08. The Bertz CT molecular complexity index is 1290. The summed E-state index contributed by atoms with van der Waals surface area (Å²) in [5.41, 5.74) is 5.84. The molecule has 4 heteroatoms. The molecule has 5 rings (SSSR count). The van der Waals surface area contributed by atoms with Crippen LogP contribution in [0.3, 0.4) is 0 Å². The molecule has 4 aromatic carbocycles. The van der Waals surface area contributed by atoms with Crippen LogP contribution in [-0.4, -0.2) is 11.0 Å². The van der Waals surface area contributed by atoms with Crippen molar-refractivity contribution >= 4 is 11.6 Å². The highest BCUT2D eigenvalue weighted by molar-refractivity contribution is 5.93. The molecule has 4 aromatic rings. The van der Waals surface area contributed by atoms with Gasteiger partial charge in [0.1, 0.15) is 11.5 Å². The number of ether oxygens (including phenoxy) is 1. The third-order valence-corrected chi connectivity index (χ3v) is 6.69. The molecule has 1 amide bonds. The van der Waals surface area contributed by atoms with Gasteiger partial charge < -0.3 is 15.2 Å². The summed E-state index contributed by atoms with van der Waals surface area (Å²) >= 11 is 0. The Morgan fingerprint density at radius 1 is 0.857 bits per heavy atom. The second-order valence-electron chi connectivity index (χ2n) is 9.06. The first-order chi connectivity index (χ1) is 17.1. The largest absolute Gasteiger partial charge is 0.457 e. The highest BCUT2D eigenvalue weighted by Crippen LogP contribution is 2.45. The molecular formula is C31H29NO3. The molecule has 176 valence electrons. The highest BCUT2D eigenvalue weighted by Gasteiger charge is 2.29. The van der Waals surface area contributed by atoms with Crippen LogP contribution < -0.4 is 10.1 Å². The molecule has 0 aromatic heterocycles. The summed E-state index contributed by atoms with van der Waals surface area (Å²) in [5.74, 6) is 1.48. The molecule has 0 bridgehead atoms. The van der Waals surface area contributed by atoms with Crippen LogP contribution in [0.1, 0.15) is 52.7 Å². The quantitative estimate of drug-likeness (QED) is 0.312. The van der Waals surface area contributed by atoms with Crippen LogP contribution in [0.5, 0.6) is 11.5 Å². The molecule has 0 radical (unpaired) electrons. The Kier molecular flexibility index (Phi) is 6.64. The number of carbonyl (C=O) groups excluding carboxylic acids is 1. The second kappa shape index (κ2) is 10.2. The van der Waals surface area contributed by atoms with E-state index in [4.69, 9.17) is 4.74 Å². The maximum absolute atomic E-state index is 13.4. The van der Waals surface area contributed by atoms with E-state index in [-0.39, 0.29) is 11.8 Å².